The topological polar surface area (TPSA) is 141 Å². The molecule has 39 heavy (non-hydrogen) atoms. The van der Waals surface area contributed by atoms with Gasteiger partial charge in [-0.1, -0.05) is 18.2 Å². The van der Waals surface area contributed by atoms with Crippen LogP contribution in [0.4, 0.5) is 11.6 Å². The number of benzene rings is 2. The Morgan fingerprint density at radius 2 is 1.74 bits per heavy atom. The van der Waals surface area contributed by atoms with Gasteiger partial charge in [0.15, 0.2) is 5.65 Å². The van der Waals surface area contributed by atoms with Gasteiger partial charge in [-0.25, -0.2) is 9.78 Å². The predicted octanol–water partition coefficient (Wildman–Crippen LogP) is 2.54. The summed E-state index contributed by atoms with van der Waals surface area (Å²) in [5, 5.41) is 31.3. The number of carboxylic acid groups (broad SMARTS) is 1. The molecule has 0 fully saturated rings. The number of carboxylic acids is 1. The van der Waals surface area contributed by atoms with E-state index in [9.17, 15) is 24.9 Å². The van der Waals surface area contributed by atoms with Crippen molar-refractivity contribution in [3.05, 3.63) is 87.3 Å². The molecule has 202 valence electrons. The number of carbonyl (C=O) groups is 1. The van der Waals surface area contributed by atoms with Gasteiger partial charge >= 0.3 is 5.97 Å². The quantitative estimate of drug-likeness (QED) is 0.231. The maximum absolute atomic E-state index is 12.9. The van der Waals surface area contributed by atoms with Crippen molar-refractivity contribution in [3.63, 3.8) is 0 Å². The lowest BCUT2D eigenvalue weighted by Gasteiger charge is -2.20. The number of aryl methyl sites for hydroxylation is 2. The van der Waals surface area contributed by atoms with E-state index in [0.29, 0.717) is 18.7 Å². The second kappa shape index (κ2) is 11.7. The van der Waals surface area contributed by atoms with Gasteiger partial charge in [-0.05, 0) is 66.6 Å². The fourth-order valence-corrected chi connectivity index (χ4v) is 5.02. The normalized spacial score (nSPS) is 12.7. The number of rotatable bonds is 11. The average molecular weight is 530 g/mol. The van der Waals surface area contributed by atoms with E-state index >= 15 is 0 Å². The van der Waals surface area contributed by atoms with Gasteiger partial charge in [0.05, 0.1) is 18.6 Å². The molecule has 2 aromatic carbocycles. The highest BCUT2D eigenvalue weighted by Crippen LogP contribution is 2.26. The van der Waals surface area contributed by atoms with Gasteiger partial charge in [0, 0.05) is 43.4 Å². The highest BCUT2D eigenvalue weighted by atomic mass is 16.4. The number of nitrogens with zero attached hydrogens (tertiary/aromatic N) is 4. The van der Waals surface area contributed by atoms with E-state index in [4.69, 9.17) is 0 Å². The Balaban J connectivity index is 1.43. The summed E-state index contributed by atoms with van der Waals surface area (Å²) in [6.45, 7) is 1.85. The summed E-state index contributed by atoms with van der Waals surface area (Å²) in [6.07, 6.45) is 6.56. The van der Waals surface area contributed by atoms with Crippen molar-refractivity contribution in [2.75, 3.05) is 38.2 Å². The Morgan fingerprint density at radius 1 is 1.00 bits per heavy atom. The summed E-state index contributed by atoms with van der Waals surface area (Å²) in [5.74, 6) is -1.01. The average Bonchev–Trinajstić information content (AvgIpc) is 3.41. The van der Waals surface area contributed by atoms with E-state index in [2.05, 4.69) is 21.4 Å². The van der Waals surface area contributed by atoms with E-state index in [0.717, 1.165) is 49.2 Å². The van der Waals surface area contributed by atoms with Crippen molar-refractivity contribution in [2.45, 2.75) is 25.7 Å². The van der Waals surface area contributed by atoms with Gasteiger partial charge in [0.1, 0.15) is 5.56 Å². The molecular formula is C29H31N5O5. The Hall–Kier alpha value is -4.12. The molecule has 2 aromatic heterocycles. The van der Waals surface area contributed by atoms with Crippen molar-refractivity contribution in [3.8, 4) is 5.69 Å². The lowest BCUT2D eigenvalue weighted by molar-refractivity contribution is 0.0695. The minimum Gasteiger partial charge on any atom is -0.477 e. The first-order valence-electron chi connectivity index (χ1n) is 13.0. The van der Waals surface area contributed by atoms with E-state index in [1.807, 2.05) is 41.3 Å². The van der Waals surface area contributed by atoms with Gasteiger partial charge in [0.25, 0.3) is 0 Å². The van der Waals surface area contributed by atoms with Crippen LogP contribution in [0.2, 0.25) is 0 Å². The monoisotopic (exact) mass is 529 g/mol. The first-order valence-corrected chi connectivity index (χ1v) is 13.0. The van der Waals surface area contributed by atoms with Gasteiger partial charge in [-0.3, -0.25) is 9.69 Å². The molecule has 2 heterocycles. The standard InChI is InChI=1S/C29H31N5O5/c35-14-12-33(13-15-36)11-10-19-4-7-22(8-5-19)31-29-30-17-24-26(37)25(28(38)39)18-34(27(24)32-29)23-9-6-20-2-1-3-21(20)16-23/h4-9,16-18,35-36H,1-3,10-15H2,(H,38,39)(H,30,31,32). The smallest absolute Gasteiger partial charge is 0.341 e. The molecule has 0 spiro atoms. The molecule has 10 heteroatoms. The number of aromatic carboxylic acids is 1. The maximum Gasteiger partial charge on any atom is 0.341 e. The lowest BCUT2D eigenvalue weighted by Crippen LogP contribution is -2.31. The largest absolute Gasteiger partial charge is 0.477 e. The minimum absolute atomic E-state index is 0.0482. The number of aromatic nitrogens is 3. The van der Waals surface area contributed by atoms with Gasteiger partial charge in [0.2, 0.25) is 11.4 Å². The Kier molecular flexibility index (Phi) is 7.97. The molecule has 10 nitrogen and oxygen atoms in total. The molecule has 0 bridgehead atoms. The molecule has 1 aliphatic carbocycles. The fraction of sp³-hybridized carbons (Fsp3) is 0.310. The zero-order valence-electron chi connectivity index (χ0n) is 21.5. The summed E-state index contributed by atoms with van der Waals surface area (Å²) in [5.41, 5.74) is 4.49. The van der Waals surface area contributed by atoms with Gasteiger partial charge in [-0.15, -0.1) is 0 Å². The second-order valence-electron chi connectivity index (χ2n) is 9.65. The SMILES string of the molecule is O=C(O)c1cn(-c2ccc3c(c2)CCC3)c2nc(Nc3ccc(CCN(CCO)CCO)cc3)ncc2c1=O. The predicted molar refractivity (Wildman–Crippen MR) is 148 cm³/mol. The van der Waals surface area contributed by atoms with E-state index in [1.54, 1.807) is 4.57 Å². The summed E-state index contributed by atoms with van der Waals surface area (Å²) >= 11 is 0. The molecule has 0 atom stereocenters. The molecule has 0 unspecified atom stereocenters. The van der Waals surface area contributed by atoms with Crippen LogP contribution in [0.5, 0.6) is 0 Å². The van der Waals surface area contributed by atoms with Crippen LogP contribution in [0.15, 0.2) is 59.7 Å². The van der Waals surface area contributed by atoms with E-state index in [1.165, 1.54) is 23.5 Å². The third-order valence-corrected chi connectivity index (χ3v) is 7.09. The number of fused-ring (bicyclic) bond motifs is 2. The van der Waals surface area contributed by atoms with Crippen LogP contribution in [0.3, 0.4) is 0 Å². The highest BCUT2D eigenvalue weighted by molar-refractivity contribution is 5.92. The molecule has 0 radical (unpaired) electrons. The Labute approximate surface area is 225 Å². The third-order valence-electron chi connectivity index (χ3n) is 7.09. The molecule has 5 rings (SSSR count). The maximum atomic E-state index is 12.9. The Bertz CT molecular complexity index is 1540. The van der Waals surface area contributed by atoms with E-state index < -0.39 is 11.4 Å². The van der Waals surface area contributed by atoms with E-state index in [-0.39, 0.29) is 30.1 Å². The molecular weight excluding hydrogens is 498 g/mol. The lowest BCUT2D eigenvalue weighted by atomic mass is 10.1. The molecule has 0 saturated carbocycles. The van der Waals surface area contributed by atoms with Crippen molar-refractivity contribution < 1.29 is 20.1 Å². The summed E-state index contributed by atoms with van der Waals surface area (Å²) in [4.78, 5) is 35.7. The van der Waals surface area contributed by atoms with Crippen LogP contribution in [0.25, 0.3) is 16.7 Å². The molecule has 4 aromatic rings. The van der Waals surface area contributed by atoms with Crippen molar-refractivity contribution in [1.29, 1.82) is 0 Å². The van der Waals surface area contributed by atoms with Crippen LogP contribution < -0.4 is 10.7 Å². The Morgan fingerprint density at radius 3 is 2.46 bits per heavy atom. The first kappa shape index (κ1) is 26.5. The number of aliphatic hydroxyl groups excluding tert-OH is 2. The van der Waals surface area contributed by atoms with Crippen LogP contribution in [0.1, 0.15) is 33.5 Å². The van der Waals surface area contributed by atoms with Crippen molar-refractivity contribution in [2.24, 2.45) is 0 Å². The van der Waals surface area contributed by atoms with Gasteiger partial charge < -0.3 is 25.2 Å². The van der Waals surface area contributed by atoms with Gasteiger partial charge in [-0.2, -0.15) is 4.98 Å². The van der Waals surface area contributed by atoms with Crippen LogP contribution in [-0.2, 0) is 19.3 Å². The number of pyridine rings is 1. The van der Waals surface area contributed by atoms with Crippen LogP contribution >= 0.6 is 0 Å². The number of nitrogens with one attached hydrogen (secondary N) is 1. The molecule has 1 aliphatic rings. The fourth-order valence-electron chi connectivity index (χ4n) is 5.02. The number of aliphatic hydroxyl groups is 2. The molecule has 0 saturated heterocycles. The van der Waals surface area contributed by atoms with Crippen molar-refractivity contribution in [1.82, 2.24) is 19.4 Å². The molecule has 0 amide bonds. The molecule has 0 aliphatic heterocycles. The number of anilines is 2. The zero-order chi connectivity index (χ0) is 27.4. The summed E-state index contributed by atoms with van der Waals surface area (Å²) < 4.78 is 1.65. The van der Waals surface area contributed by atoms with Crippen LogP contribution in [0, 0.1) is 0 Å². The number of hydrogen-bond donors (Lipinski definition) is 4. The van der Waals surface area contributed by atoms with Crippen LogP contribution in [-0.4, -0.2) is 73.6 Å². The number of hydrogen-bond acceptors (Lipinski definition) is 8. The molecule has 4 N–H and O–H groups in total. The first-order chi connectivity index (χ1) is 19.0. The third kappa shape index (κ3) is 5.83. The summed E-state index contributed by atoms with van der Waals surface area (Å²) in [6, 6.07) is 13.8. The summed E-state index contributed by atoms with van der Waals surface area (Å²) in [7, 11) is 0. The second-order valence-corrected chi connectivity index (χ2v) is 9.65. The minimum atomic E-state index is -1.30. The highest BCUT2D eigenvalue weighted by Gasteiger charge is 2.19. The zero-order valence-corrected chi connectivity index (χ0v) is 21.5. The van der Waals surface area contributed by atoms with Crippen molar-refractivity contribution >= 4 is 28.6 Å².